The summed E-state index contributed by atoms with van der Waals surface area (Å²) in [4.78, 5) is 7.06. The SMILES string of the molecule is CCNCc1cc(Br)cnc1N1CCCSCC1. The number of halogens is 1. The molecule has 0 bridgehead atoms. The van der Waals surface area contributed by atoms with E-state index in [0.717, 1.165) is 36.5 Å². The average Bonchev–Trinajstić information content (AvgIpc) is 2.65. The molecule has 0 spiro atoms. The number of pyridine rings is 1. The van der Waals surface area contributed by atoms with E-state index in [1.807, 2.05) is 18.0 Å². The summed E-state index contributed by atoms with van der Waals surface area (Å²) in [5.41, 5.74) is 1.29. The molecule has 0 saturated carbocycles. The number of nitrogens with one attached hydrogen (secondary N) is 1. The Morgan fingerprint density at radius 3 is 3.17 bits per heavy atom. The second kappa shape index (κ2) is 7.36. The maximum absolute atomic E-state index is 4.63. The number of aromatic nitrogens is 1. The lowest BCUT2D eigenvalue weighted by Gasteiger charge is -2.24. The van der Waals surface area contributed by atoms with Gasteiger partial charge < -0.3 is 10.2 Å². The third-order valence-electron chi connectivity index (χ3n) is 3.00. The lowest BCUT2D eigenvalue weighted by molar-refractivity contribution is 0.712. The topological polar surface area (TPSA) is 28.2 Å². The minimum atomic E-state index is 0.891. The molecule has 100 valence electrons. The molecule has 2 rings (SSSR count). The number of hydrogen-bond donors (Lipinski definition) is 1. The van der Waals surface area contributed by atoms with Crippen molar-refractivity contribution in [3.8, 4) is 0 Å². The number of rotatable bonds is 4. The molecule has 1 aliphatic heterocycles. The number of hydrogen-bond acceptors (Lipinski definition) is 4. The predicted octanol–water partition coefficient (Wildman–Crippen LogP) is 2.90. The highest BCUT2D eigenvalue weighted by molar-refractivity contribution is 9.10. The van der Waals surface area contributed by atoms with Crippen LogP contribution < -0.4 is 10.2 Å². The standard InChI is InChI=1S/C13H20BrN3S/c1-2-15-9-11-8-12(14)10-16-13(11)17-4-3-6-18-7-5-17/h8,10,15H,2-7,9H2,1H3. The molecule has 0 unspecified atom stereocenters. The van der Waals surface area contributed by atoms with E-state index in [1.165, 1.54) is 23.5 Å². The first-order valence-electron chi connectivity index (χ1n) is 6.49. The Hall–Kier alpha value is -0.260. The second-order valence-corrected chi connectivity index (χ2v) is 6.51. The Balaban J connectivity index is 2.18. The van der Waals surface area contributed by atoms with Crippen LogP contribution in [0.15, 0.2) is 16.7 Å². The monoisotopic (exact) mass is 329 g/mol. The van der Waals surface area contributed by atoms with E-state index in [2.05, 4.69) is 44.1 Å². The van der Waals surface area contributed by atoms with Crippen LogP contribution in [0.1, 0.15) is 18.9 Å². The highest BCUT2D eigenvalue weighted by atomic mass is 79.9. The van der Waals surface area contributed by atoms with Crippen LogP contribution in [0.2, 0.25) is 0 Å². The molecule has 0 radical (unpaired) electrons. The van der Waals surface area contributed by atoms with Gasteiger partial charge in [0.05, 0.1) is 0 Å². The summed E-state index contributed by atoms with van der Waals surface area (Å²) in [7, 11) is 0. The van der Waals surface area contributed by atoms with Crippen LogP contribution in [0, 0.1) is 0 Å². The van der Waals surface area contributed by atoms with Gasteiger partial charge in [0.25, 0.3) is 0 Å². The largest absolute Gasteiger partial charge is 0.355 e. The van der Waals surface area contributed by atoms with E-state index in [0.29, 0.717) is 0 Å². The highest BCUT2D eigenvalue weighted by Crippen LogP contribution is 2.24. The summed E-state index contributed by atoms with van der Waals surface area (Å²) in [6, 6.07) is 2.18. The minimum Gasteiger partial charge on any atom is -0.355 e. The highest BCUT2D eigenvalue weighted by Gasteiger charge is 2.15. The van der Waals surface area contributed by atoms with Crippen molar-refractivity contribution in [3.63, 3.8) is 0 Å². The summed E-state index contributed by atoms with van der Waals surface area (Å²) in [6.07, 6.45) is 3.16. The molecule has 18 heavy (non-hydrogen) atoms. The Labute approximate surface area is 122 Å². The molecule has 1 N–H and O–H groups in total. The summed E-state index contributed by atoms with van der Waals surface area (Å²) in [6.45, 7) is 6.25. The molecule has 1 aliphatic rings. The van der Waals surface area contributed by atoms with Crippen LogP contribution in [0.5, 0.6) is 0 Å². The van der Waals surface area contributed by atoms with Gasteiger partial charge in [0.15, 0.2) is 0 Å². The molecule has 1 aromatic heterocycles. The fourth-order valence-electron chi connectivity index (χ4n) is 2.11. The fourth-order valence-corrected chi connectivity index (χ4v) is 3.37. The summed E-state index contributed by atoms with van der Waals surface area (Å²) in [5, 5.41) is 3.39. The zero-order chi connectivity index (χ0) is 12.8. The van der Waals surface area contributed by atoms with Crippen LogP contribution in [-0.2, 0) is 6.54 Å². The molecule has 5 heteroatoms. The molecule has 0 atom stereocenters. The van der Waals surface area contributed by atoms with Gasteiger partial charge in [-0.05, 0) is 40.7 Å². The zero-order valence-corrected chi connectivity index (χ0v) is 13.2. The van der Waals surface area contributed by atoms with Crippen molar-refractivity contribution in [2.75, 3.05) is 36.0 Å². The molecule has 1 fully saturated rings. The van der Waals surface area contributed by atoms with Crippen molar-refractivity contribution in [2.45, 2.75) is 19.9 Å². The lowest BCUT2D eigenvalue weighted by Crippen LogP contribution is -2.28. The zero-order valence-electron chi connectivity index (χ0n) is 10.8. The maximum Gasteiger partial charge on any atom is 0.133 e. The Kier molecular flexibility index (Phi) is 5.79. The number of anilines is 1. The van der Waals surface area contributed by atoms with E-state index >= 15 is 0 Å². The fraction of sp³-hybridized carbons (Fsp3) is 0.615. The Morgan fingerprint density at radius 1 is 1.44 bits per heavy atom. The predicted molar refractivity (Wildman–Crippen MR) is 83.5 cm³/mol. The van der Waals surface area contributed by atoms with Crippen molar-refractivity contribution < 1.29 is 0 Å². The van der Waals surface area contributed by atoms with E-state index in [9.17, 15) is 0 Å². The van der Waals surface area contributed by atoms with Crippen molar-refractivity contribution >= 4 is 33.5 Å². The maximum atomic E-state index is 4.63. The summed E-state index contributed by atoms with van der Waals surface area (Å²) in [5.74, 6) is 3.63. The third-order valence-corrected chi connectivity index (χ3v) is 4.48. The van der Waals surface area contributed by atoms with Crippen LogP contribution >= 0.6 is 27.7 Å². The quantitative estimate of drug-likeness (QED) is 0.919. The van der Waals surface area contributed by atoms with Crippen molar-refractivity contribution in [1.82, 2.24) is 10.3 Å². The van der Waals surface area contributed by atoms with E-state index in [4.69, 9.17) is 0 Å². The third kappa shape index (κ3) is 3.87. The molecule has 2 heterocycles. The first-order chi connectivity index (χ1) is 8.81. The van der Waals surface area contributed by atoms with Gasteiger partial charge in [0.2, 0.25) is 0 Å². The molecule has 1 saturated heterocycles. The summed E-state index contributed by atoms with van der Waals surface area (Å²) >= 11 is 5.56. The number of thioether (sulfide) groups is 1. The van der Waals surface area contributed by atoms with Gasteiger partial charge >= 0.3 is 0 Å². The Bertz CT molecular complexity index is 378. The lowest BCUT2D eigenvalue weighted by atomic mass is 10.2. The second-order valence-electron chi connectivity index (χ2n) is 4.37. The van der Waals surface area contributed by atoms with Crippen molar-refractivity contribution in [3.05, 3.63) is 22.3 Å². The minimum absolute atomic E-state index is 0.891. The van der Waals surface area contributed by atoms with Gasteiger partial charge in [-0.15, -0.1) is 0 Å². The van der Waals surface area contributed by atoms with Crippen LogP contribution in [0.4, 0.5) is 5.82 Å². The normalized spacial score (nSPS) is 16.7. The first kappa shape index (κ1) is 14.2. The van der Waals surface area contributed by atoms with Gasteiger partial charge in [-0.25, -0.2) is 4.98 Å². The van der Waals surface area contributed by atoms with Crippen LogP contribution in [-0.4, -0.2) is 36.1 Å². The molecule has 0 amide bonds. The van der Waals surface area contributed by atoms with E-state index in [1.54, 1.807) is 0 Å². The van der Waals surface area contributed by atoms with Gasteiger partial charge in [-0.2, -0.15) is 11.8 Å². The van der Waals surface area contributed by atoms with Gasteiger partial charge in [0.1, 0.15) is 5.82 Å². The molecule has 3 nitrogen and oxygen atoms in total. The van der Waals surface area contributed by atoms with E-state index in [-0.39, 0.29) is 0 Å². The van der Waals surface area contributed by atoms with Crippen molar-refractivity contribution in [1.29, 1.82) is 0 Å². The molecule has 0 aromatic carbocycles. The molecule has 1 aromatic rings. The van der Waals surface area contributed by atoms with Gasteiger partial charge in [-0.1, -0.05) is 6.92 Å². The Morgan fingerprint density at radius 2 is 2.33 bits per heavy atom. The average molecular weight is 330 g/mol. The summed E-state index contributed by atoms with van der Waals surface area (Å²) < 4.78 is 1.06. The smallest absolute Gasteiger partial charge is 0.133 e. The molecule has 0 aliphatic carbocycles. The number of nitrogens with zero attached hydrogens (tertiary/aromatic N) is 2. The first-order valence-corrected chi connectivity index (χ1v) is 8.44. The van der Waals surface area contributed by atoms with Gasteiger partial charge in [0, 0.05) is 41.6 Å². The molecular weight excluding hydrogens is 310 g/mol. The molecular formula is C13H20BrN3S. The van der Waals surface area contributed by atoms with Gasteiger partial charge in [-0.3, -0.25) is 0 Å². The van der Waals surface area contributed by atoms with Crippen molar-refractivity contribution in [2.24, 2.45) is 0 Å². The van der Waals surface area contributed by atoms with Crippen LogP contribution in [0.25, 0.3) is 0 Å². The van der Waals surface area contributed by atoms with E-state index < -0.39 is 0 Å². The van der Waals surface area contributed by atoms with Crippen LogP contribution in [0.3, 0.4) is 0 Å².